The standard InChI is InChI=1S/C16H19F3N6O2/c1-10-8-26-5-4-25(10)14-6-12(27-9-16(17,18)19)11(7-20)15(23-14)22-13-2-3-21-24-13/h2-3,6-7,10,20H,4-5,8-9H2,1H3,(H2,21,22,23,24)/t10-/m1/s1. The van der Waals surface area contributed by atoms with E-state index in [2.05, 4.69) is 20.5 Å². The first-order chi connectivity index (χ1) is 12.9. The summed E-state index contributed by atoms with van der Waals surface area (Å²) in [6.07, 6.45) is -2.07. The highest BCUT2D eigenvalue weighted by Gasteiger charge is 2.30. The summed E-state index contributed by atoms with van der Waals surface area (Å²) in [5.41, 5.74) is 0.110. The molecule has 0 amide bonds. The number of aromatic nitrogens is 3. The molecule has 0 bridgehead atoms. The van der Waals surface area contributed by atoms with Gasteiger partial charge in [-0.15, -0.1) is 0 Å². The minimum atomic E-state index is -4.49. The molecule has 8 nitrogen and oxygen atoms in total. The molecule has 3 N–H and O–H groups in total. The van der Waals surface area contributed by atoms with Crippen molar-refractivity contribution in [3.63, 3.8) is 0 Å². The Hall–Kier alpha value is -2.82. The van der Waals surface area contributed by atoms with Gasteiger partial charge in [-0.1, -0.05) is 0 Å². The molecule has 1 fully saturated rings. The van der Waals surface area contributed by atoms with Crippen molar-refractivity contribution in [3.8, 4) is 5.75 Å². The van der Waals surface area contributed by atoms with Crippen LogP contribution in [0.15, 0.2) is 18.3 Å². The molecular weight excluding hydrogens is 365 g/mol. The number of rotatable bonds is 6. The Morgan fingerprint density at radius 2 is 2.33 bits per heavy atom. The van der Waals surface area contributed by atoms with Crippen LogP contribution in [-0.4, -0.2) is 60.0 Å². The summed E-state index contributed by atoms with van der Waals surface area (Å²) >= 11 is 0. The number of hydrogen-bond acceptors (Lipinski definition) is 7. The molecule has 3 heterocycles. The van der Waals surface area contributed by atoms with Gasteiger partial charge in [-0.2, -0.15) is 18.3 Å². The number of H-pyrrole nitrogens is 1. The first-order valence-electron chi connectivity index (χ1n) is 8.23. The van der Waals surface area contributed by atoms with Gasteiger partial charge in [0, 0.05) is 24.9 Å². The summed E-state index contributed by atoms with van der Waals surface area (Å²) in [5, 5.41) is 17.1. The van der Waals surface area contributed by atoms with Crippen molar-refractivity contribution in [2.24, 2.45) is 0 Å². The Bertz CT molecular complexity index is 781. The molecule has 0 aliphatic carbocycles. The third-order valence-corrected chi connectivity index (χ3v) is 3.96. The predicted molar refractivity (Wildman–Crippen MR) is 93.2 cm³/mol. The fraction of sp³-hybridized carbons (Fsp3) is 0.438. The van der Waals surface area contributed by atoms with Crippen LogP contribution >= 0.6 is 0 Å². The highest BCUT2D eigenvalue weighted by atomic mass is 19.4. The highest BCUT2D eigenvalue weighted by Crippen LogP contribution is 2.32. The van der Waals surface area contributed by atoms with Crippen LogP contribution in [0.3, 0.4) is 0 Å². The molecule has 0 radical (unpaired) electrons. The Kier molecular flexibility index (Phi) is 5.49. The molecule has 3 rings (SSSR count). The lowest BCUT2D eigenvalue weighted by molar-refractivity contribution is -0.153. The lowest BCUT2D eigenvalue weighted by Crippen LogP contribution is -2.44. The van der Waals surface area contributed by atoms with Crippen LogP contribution in [0.5, 0.6) is 5.75 Å². The second kappa shape index (κ2) is 7.82. The molecule has 0 aromatic carbocycles. The zero-order chi connectivity index (χ0) is 19.4. The van der Waals surface area contributed by atoms with Crippen molar-refractivity contribution in [3.05, 3.63) is 23.9 Å². The van der Waals surface area contributed by atoms with Gasteiger partial charge in [-0.3, -0.25) is 5.10 Å². The third-order valence-electron chi connectivity index (χ3n) is 3.96. The van der Waals surface area contributed by atoms with Crippen molar-refractivity contribution in [1.82, 2.24) is 15.2 Å². The normalized spacial score (nSPS) is 17.6. The van der Waals surface area contributed by atoms with Gasteiger partial charge >= 0.3 is 6.18 Å². The van der Waals surface area contributed by atoms with Gasteiger partial charge in [0.1, 0.15) is 23.2 Å². The number of alkyl halides is 3. The molecular formula is C16H19F3N6O2. The fourth-order valence-electron chi connectivity index (χ4n) is 2.70. The molecule has 0 unspecified atom stereocenters. The lowest BCUT2D eigenvalue weighted by Gasteiger charge is -2.34. The number of ether oxygens (including phenoxy) is 2. The number of morpholine rings is 1. The molecule has 2 aromatic rings. The van der Waals surface area contributed by atoms with Crippen LogP contribution in [0.1, 0.15) is 12.5 Å². The number of nitrogens with zero attached hydrogens (tertiary/aromatic N) is 3. The predicted octanol–water partition coefficient (Wildman–Crippen LogP) is 2.71. The van der Waals surface area contributed by atoms with Crippen molar-refractivity contribution in [1.29, 1.82) is 5.41 Å². The second-order valence-corrected chi connectivity index (χ2v) is 6.00. The third kappa shape index (κ3) is 4.67. The molecule has 0 saturated carbocycles. The van der Waals surface area contributed by atoms with Gasteiger partial charge in [-0.25, -0.2) is 4.98 Å². The summed E-state index contributed by atoms with van der Waals surface area (Å²) in [6.45, 7) is 1.99. The van der Waals surface area contributed by atoms with Gasteiger partial charge in [0.05, 0.1) is 31.0 Å². The second-order valence-electron chi connectivity index (χ2n) is 6.00. The van der Waals surface area contributed by atoms with E-state index in [9.17, 15) is 13.2 Å². The Labute approximate surface area is 153 Å². The van der Waals surface area contributed by atoms with E-state index in [1.54, 1.807) is 6.07 Å². The van der Waals surface area contributed by atoms with Gasteiger partial charge in [-0.05, 0) is 6.92 Å². The molecule has 2 aromatic heterocycles. The average molecular weight is 384 g/mol. The molecule has 0 spiro atoms. The summed E-state index contributed by atoms with van der Waals surface area (Å²) in [7, 11) is 0. The van der Waals surface area contributed by atoms with E-state index in [-0.39, 0.29) is 23.2 Å². The maximum absolute atomic E-state index is 12.6. The van der Waals surface area contributed by atoms with E-state index >= 15 is 0 Å². The topological polar surface area (TPSA) is 99.1 Å². The van der Waals surface area contributed by atoms with E-state index in [0.29, 0.717) is 31.4 Å². The Balaban J connectivity index is 2.00. The summed E-state index contributed by atoms with van der Waals surface area (Å²) in [6, 6.07) is 3.05. The van der Waals surface area contributed by atoms with Crippen LogP contribution in [0, 0.1) is 5.41 Å². The fourth-order valence-corrected chi connectivity index (χ4v) is 2.70. The van der Waals surface area contributed by atoms with Gasteiger partial charge in [0.25, 0.3) is 0 Å². The van der Waals surface area contributed by atoms with Crippen molar-refractivity contribution >= 4 is 23.7 Å². The molecule has 27 heavy (non-hydrogen) atoms. The van der Waals surface area contributed by atoms with E-state index in [1.807, 2.05) is 11.8 Å². The monoisotopic (exact) mass is 384 g/mol. The summed E-state index contributed by atoms with van der Waals surface area (Å²) in [5.74, 6) is 1.05. The summed E-state index contributed by atoms with van der Waals surface area (Å²) in [4.78, 5) is 6.42. The van der Waals surface area contributed by atoms with Crippen LogP contribution in [0.2, 0.25) is 0 Å². The van der Waals surface area contributed by atoms with E-state index in [1.165, 1.54) is 12.3 Å². The quantitative estimate of drug-likeness (QED) is 0.663. The Morgan fingerprint density at radius 3 is 2.96 bits per heavy atom. The maximum Gasteiger partial charge on any atom is 0.422 e. The van der Waals surface area contributed by atoms with Crippen LogP contribution in [0.25, 0.3) is 0 Å². The first kappa shape index (κ1) is 19.0. The molecule has 1 aliphatic heterocycles. The number of nitrogens with one attached hydrogen (secondary N) is 3. The number of hydrogen-bond donors (Lipinski definition) is 3. The SMILES string of the molecule is C[C@@H]1COCCN1c1cc(OCC(F)(F)F)c(C=N)c(Nc2ccn[nH]2)n1. The maximum atomic E-state index is 12.6. The summed E-state index contributed by atoms with van der Waals surface area (Å²) < 4.78 is 48.3. The number of anilines is 3. The number of pyridine rings is 1. The average Bonchev–Trinajstić information content (AvgIpc) is 3.12. The highest BCUT2D eigenvalue weighted by molar-refractivity contribution is 5.90. The smallest absolute Gasteiger partial charge is 0.422 e. The van der Waals surface area contributed by atoms with Crippen molar-refractivity contribution in [2.75, 3.05) is 36.6 Å². The van der Waals surface area contributed by atoms with Crippen LogP contribution in [0.4, 0.5) is 30.6 Å². The number of halogens is 3. The molecule has 1 saturated heterocycles. The molecule has 1 aliphatic rings. The number of aromatic amines is 1. The van der Waals surface area contributed by atoms with Gasteiger partial charge in [0.15, 0.2) is 6.61 Å². The zero-order valence-corrected chi connectivity index (χ0v) is 14.5. The van der Waals surface area contributed by atoms with Gasteiger partial charge < -0.3 is 25.1 Å². The lowest BCUT2D eigenvalue weighted by atomic mass is 10.2. The van der Waals surface area contributed by atoms with Crippen LogP contribution in [-0.2, 0) is 4.74 Å². The van der Waals surface area contributed by atoms with E-state index < -0.39 is 12.8 Å². The Morgan fingerprint density at radius 1 is 1.52 bits per heavy atom. The van der Waals surface area contributed by atoms with E-state index in [4.69, 9.17) is 14.9 Å². The van der Waals surface area contributed by atoms with E-state index in [0.717, 1.165) is 6.21 Å². The minimum absolute atomic E-state index is 0.00690. The molecule has 146 valence electrons. The molecule has 11 heteroatoms. The van der Waals surface area contributed by atoms with Crippen LogP contribution < -0.4 is 15.0 Å². The largest absolute Gasteiger partial charge is 0.483 e. The zero-order valence-electron chi connectivity index (χ0n) is 14.5. The van der Waals surface area contributed by atoms with Gasteiger partial charge in [0.2, 0.25) is 0 Å². The van der Waals surface area contributed by atoms with Crippen molar-refractivity contribution in [2.45, 2.75) is 19.1 Å². The minimum Gasteiger partial charge on any atom is -0.483 e. The first-order valence-corrected chi connectivity index (χ1v) is 8.23. The molecule has 1 atom stereocenters. The van der Waals surface area contributed by atoms with Crippen molar-refractivity contribution < 1.29 is 22.6 Å².